The molecule has 0 unspecified atom stereocenters. The van der Waals surface area contributed by atoms with Crippen molar-refractivity contribution in [3.63, 3.8) is 0 Å². The van der Waals surface area contributed by atoms with Gasteiger partial charge in [-0.15, -0.1) is 0 Å². The molecule has 3 rings (SSSR count). The summed E-state index contributed by atoms with van der Waals surface area (Å²) in [6.07, 6.45) is 1.60. The highest BCUT2D eigenvalue weighted by atomic mass is 32.2. The Morgan fingerprint density at radius 3 is 2.29 bits per heavy atom. The van der Waals surface area contributed by atoms with E-state index in [-0.39, 0.29) is 10.7 Å². The van der Waals surface area contributed by atoms with Gasteiger partial charge in [0.05, 0.1) is 23.4 Å². The average Bonchev–Trinajstić information content (AvgIpc) is 2.69. The SMILES string of the molecule is CCOc1ccc(S(=O)(=O)Nc2ccc(NCc3ccc(C)cc3)cn2)cc1. The van der Waals surface area contributed by atoms with Crippen molar-refractivity contribution in [1.29, 1.82) is 0 Å². The molecule has 6 nitrogen and oxygen atoms in total. The number of benzene rings is 2. The maximum atomic E-state index is 12.5. The van der Waals surface area contributed by atoms with Crippen LogP contribution in [0.5, 0.6) is 5.75 Å². The zero-order chi connectivity index (χ0) is 20.0. The fourth-order valence-electron chi connectivity index (χ4n) is 2.55. The number of rotatable bonds is 8. The summed E-state index contributed by atoms with van der Waals surface area (Å²) in [7, 11) is -3.71. The lowest BCUT2D eigenvalue weighted by Crippen LogP contribution is -2.14. The molecule has 0 aliphatic rings. The Labute approximate surface area is 165 Å². The molecule has 146 valence electrons. The zero-order valence-electron chi connectivity index (χ0n) is 15.8. The maximum absolute atomic E-state index is 12.5. The largest absolute Gasteiger partial charge is 0.494 e. The Balaban J connectivity index is 1.61. The summed E-state index contributed by atoms with van der Waals surface area (Å²) in [5.74, 6) is 0.887. The Morgan fingerprint density at radius 2 is 1.68 bits per heavy atom. The number of aromatic nitrogens is 1. The van der Waals surface area contributed by atoms with Crippen LogP contribution in [0.4, 0.5) is 11.5 Å². The summed E-state index contributed by atoms with van der Waals surface area (Å²) >= 11 is 0. The highest BCUT2D eigenvalue weighted by Gasteiger charge is 2.14. The molecule has 2 aromatic carbocycles. The van der Waals surface area contributed by atoms with Crippen molar-refractivity contribution in [2.75, 3.05) is 16.6 Å². The lowest BCUT2D eigenvalue weighted by molar-refractivity contribution is 0.340. The zero-order valence-corrected chi connectivity index (χ0v) is 16.7. The standard InChI is InChI=1S/C21H23N3O3S/c1-3-27-19-9-11-20(12-10-19)28(25,26)24-21-13-8-18(15-23-21)22-14-17-6-4-16(2)5-7-17/h4-13,15,22H,3,14H2,1-2H3,(H,23,24). The number of anilines is 2. The monoisotopic (exact) mass is 397 g/mol. The lowest BCUT2D eigenvalue weighted by Gasteiger charge is -2.10. The number of nitrogens with zero attached hydrogens (tertiary/aromatic N) is 1. The van der Waals surface area contributed by atoms with Gasteiger partial charge in [0.25, 0.3) is 10.0 Å². The number of hydrogen-bond acceptors (Lipinski definition) is 5. The summed E-state index contributed by atoms with van der Waals surface area (Å²) in [5.41, 5.74) is 3.19. The van der Waals surface area contributed by atoms with E-state index in [1.165, 1.54) is 17.7 Å². The van der Waals surface area contributed by atoms with Crippen molar-refractivity contribution in [3.8, 4) is 5.75 Å². The minimum atomic E-state index is -3.71. The van der Waals surface area contributed by atoms with E-state index in [0.717, 1.165) is 11.3 Å². The second kappa shape index (κ2) is 8.75. The minimum Gasteiger partial charge on any atom is -0.494 e. The van der Waals surface area contributed by atoms with Gasteiger partial charge in [0.1, 0.15) is 11.6 Å². The molecule has 28 heavy (non-hydrogen) atoms. The Hall–Kier alpha value is -3.06. The smallest absolute Gasteiger partial charge is 0.263 e. The first-order chi connectivity index (χ1) is 13.5. The van der Waals surface area contributed by atoms with Crippen LogP contribution in [0.15, 0.2) is 71.8 Å². The third-order valence-electron chi connectivity index (χ3n) is 4.06. The van der Waals surface area contributed by atoms with Gasteiger partial charge in [-0.05, 0) is 55.8 Å². The van der Waals surface area contributed by atoms with E-state index >= 15 is 0 Å². The van der Waals surface area contributed by atoms with Gasteiger partial charge in [0.15, 0.2) is 0 Å². The molecule has 0 amide bonds. The molecule has 3 aromatic rings. The molecular weight excluding hydrogens is 374 g/mol. The Kier molecular flexibility index (Phi) is 6.16. The van der Waals surface area contributed by atoms with Crippen molar-refractivity contribution in [1.82, 2.24) is 4.98 Å². The molecule has 0 saturated heterocycles. The summed E-state index contributed by atoms with van der Waals surface area (Å²) in [6, 6.07) is 17.9. The number of nitrogens with one attached hydrogen (secondary N) is 2. The van der Waals surface area contributed by atoms with Crippen molar-refractivity contribution in [3.05, 3.63) is 78.0 Å². The van der Waals surface area contributed by atoms with Crippen LogP contribution >= 0.6 is 0 Å². The van der Waals surface area contributed by atoms with Gasteiger partial charge in [0.2, 0.25) is 0 Å². The fourth-order valence-corrected chi connectivity index (χ4v) is 3.56. The third-order valence-corrected chi connectivity index (χ3v) is 5.44. The third kappa shape index (κ3) is 5.23. The first-order valence-corrected chi connectivity index (χ1v) is 10.5. The molecule has 0 aliphatic carbocycles. The minimum absolute atomic E-state index is 0.152. The summed E-state index contributed by atoms with van der Waals surface area (Å²) in [4.78, 5) is 4.34. The van der Waals surface area contributed by atoms with Crippen LogP contribution in [0.3, 0.4) is 0 Å². The predicted octanol–water partition coefficient (Wildman–Crippen LogP) is 4.20. The summed E-state index contributed by atoms with van der Waals surface area (Å²) in [5, 5.41) is 3.27. The van der Waals surface area contributed by atoms with Crippen LogP contribution in [-0.4, -0.2) is 20.0 Å². The molecule has 0 radical (unpaired) electrons. The van der Waals surface area contributed by atoms with Crippen LogP contribution in [0, 0.1) is 6.92 Å². The second-order valence-electron chi connectivity index (χ2n) is 6.28. The molecule has 0 fully saturated rings. The van der Waals surface area contributed by atoms with Gasteiger partial charge in [0, 0.05) is 6.54 Å². The lowest BCUT2D eigenvalue weighted by atomic mass is 10.1. The number of aryl methyl sites for hydroxylation is 1. The van der Waals surface area contributed by atoms with Gasteiger partial charge in [-0.3, -0.25) is 4.72 Å². The summed E-state index contributed by atoms with van der Waals surface area (Å²) < 4.78 is 32.8. The molecule has 2 N–H and O–H groups in total. The van der Waals surface area contributed by atoms with Crippen molar-refractivity contribution in [2.45, 2.75) is 25.3 Å². The molecule has 0 atom stereocenters. The van der Waals surface area contributed by atoms with Crippen LogP contribution in [0.1, 0.15) is 18.1 Å². The average molecular weight is 398 g/mol. The molecule has 0 bridgehead atoms. The van der Waals surface area contributed by atoms with Gasteiger partial charge < -0.3 is 10.1 Å². The quantitative estimate of drug-likeness (QED) is 0.595. The Bertz CT molecular complexity index is 1000. The molecule has 1 heterocycles. The normalized spacial score (nSPS) is 11.1. The van der Waals surface area contributed by atoms with E-state index in [4.69, 9.17) is 4.74 Å². The van der Waals surface area contributed by atoms with Gasteiger partial charge in [-0.1, -0.05) is 29.8 Å². The van der Waals surface area contributed by atoms with E-state index in [1.54, 1.807) is 30.5 Å². The van der Waals surface area contributed by atoms with Crippen LogP contribution in [0.25, 0.3) is 0 Å². The highest BCUT2D eigenvalue weighted by molar-refractivity contribution is 7.92. The number of pyridine rings is 1. The molecule has 0 saturated carbocycles. The van der Waals surface area contributed by atoms with Gasteiger partial charge in [-0.2, -0.15) is 0 Å². The molecule has 1 aromatic heterocycles. The van der Waals surface area contributed by atoms with E-state index in [2.05, 4.69) is 39.3 Å². The Morgan fingerprint density at radius 1 is 0.964 bits per heavy atom. The van der Waals surface area contributed by atoms with Gasteiger partial charge in [-0.25, -0.2) is 13.4 Å². The fraction of sp³-hybridized carbons (Fsp3) is 0.190. The molecule has 0 aliphatic heterocycles. The number of ether oxygens (including phenoxy) is 1. The highest BCUT2D eigenvalue weighted by Crippen LogP contribution is 2.19. The maximum Gasteiger partial charge on any atom is 0.263 e. The van der Waals surface area contributed by atoms with Crippen molar-refractivity contribution >= 4 is 21.5 Å². The van der Waals surface area contributed by atoms with Crippen LogP contribution < -0.4 is 14.8 Å². The van der Waals surface area contributed by atoms with E-state index < -0.39 is 10.0 Å². The number of hydrogen-bond donors (Lipinski definition) is 2. The van der Waals surface area contributed by atoms with Crippen molar-refractivity contribution in [2.24, 2.45) is 0 Å². The molecule has 0 spiro atoms. The first-order valence-electron chi connectivity index (χ1n) is 8.97. The topological polar surface area (TPSA) is 80.3 Å². The van der Waals surface area contributed by atoms with E-state index in [9.17, 15) is 8.42 Å². The predicted molar refractivity (Wildman–Crippen MR) is 111 cm³/mol. The summed E-state index contributed by atoms with van der Waals surface area (Å²) in [6.45, 7) is 5.11. The molecular formula is C21H23N3O3S. The number of sulfonamides is 1. The second-order valence-corrected chi connectivity index (χ2v) is 7.96. The van der Waals surface area contributed by atoms with Crippen LogP contribution in [0.2, 0.25) is 0 Å². The first kappa shape index (κ1) is 19.7. The van der Waals surface area contributed by atoms with E-state index in [0.29, 0.717) is 18.9 Å². The van der Waals surface area contributed by atoms with E-state index in [1.807, 2.05) is 13.8 Å². The van der Waals surface area contributed by atoms with Crippen molar-refractivity contribution < 1.29 is 13.2 Å². The van der Waals surface area contributed by atoms with Gasteiger partial charge >= 0.3 is 0 Å². The van der Waals surface area contributed by atoms with Crippen LogP contribution in [-0.2, 0) is 16.6 Å². The molecule has 7 heteroatoms.